The highest BCUT2D eigenvalue weighted by atomic mass is 16.5. The highest BCUT2D eigenvalue weighted by molar-refractivity contribution is 5.84. The van der Waals surface area contributed by atoms with Gasteiger partial charge in [0.1, 0.15) is 11.8 Å². The topological polar surface area (TPSA) is 68.2 Å². The Morgan fingerprint density at radius 3 is 3.04 bits per heavy atom. The largest absolute Gasteiger partial charge is 0.497 e. The van der Waals surface area contributed by atoms with Gasteiger partial charge in [-0.3, -0.25) is 9.48 Å². The van der Waals surface area contributed by atoms with Crippen molar-refractivity contribution in [3.8, 4) is 0 Å². The lowest BCUT2D eigenvalue weighted by atomic mass is 10.0. The predicted octanol–water partition coefficient (Wildman–Crippen LogP) is 2.87. The summed E-state index contributed by atoms with van der Waals surface area (Å²) in [6.45, 7) is 2.16. The number of hydrogen-bond donors (Lipinski definition) is 2. The number of unbranched alkanes of at least 4 members (excludes halogenated alkanes) is 1. The number of aryl methyl sites for hydroxylation is 1. The van der Waals surface area contributed by atoms with Gasteiger partial charge in [0.2, 0.25) is 5.91 Å². The van der Waals surface area contributed by atoms with Crippen LogP contribution in [0.4, 0.5) is 0 Å². The molecule has 6 nitrogen and oxygen atoms in total. The smallest absolute Gasteiger partial charge is 0.243 e. The van der Waals surface area contributed by atoms with E-state index in [-0.39, 0.29) is 18.0 Å². The number of carbonyl (C=O) groups is 1. The molecule has 2 unspecified atom stereocenters. The number of ether oxygens (including phenoxy) is 1. The highest BCUT2D eigenvalue weighted by Gasteiger charge is 2.31. The van der Waals surface area contributed by atoms with Crippen molar-refractivity contribution in [2.45, 2.75) is 51.1 Å². The molecule has 26 heavy (non-hydrogen) atoms. The van der Waals surface area contributed by atoms with Crippen LogP contribution in [0.2, 0.25) is 0 Å². The number of fused-ring (bicyclic) bond motifs is 1. The van der Waals surface area contributed by atoms with Crippen LogP contribution in [0.15, 0.2) is 47.7 Å². The first-order valence-corrected chi connectivity index (χ1v) is 9.31. The number of amides is 1. The quantitative estimate of drug-likeness (QED) is 0.788. The number of methoxy groups -OCH3 is 1. The van der Waals surface area contributed by atoms with Gasteiger partial charge < -0.3 is 15.4 Å². The normalized spacial score (nSPS) is 20.1. The van der Waals surface area contributed by atoms with Crippen molar-refractivity contribution in [1.29, 1.82) is 0 Å². The molecular formula is C20H28N4O2. The molecule has 0 aromatic carbocycles. The van der Waals surface area contributed by atoms with Crippen LogP contribution < -0.4 is 10.6 Å². The average Bonchev–Trinajstić information content (AvgIpc) is 3.19. The number of carbonyl (C=O) groups excluding carboxylic acids is 1. The van der Waals surface area contributed by atoms with Crippen LogP contribution in [0.1, 0.15) is 50.6 Å². The fourth-order valence-electron chi connectivity index (χ4n) is 3.43. The maximum atomic E-state index is 12.9. The fourth-order valence-corrected chi connectivity index (χ4v) is 3.43. The molecule has 0 bridgehead atoms. The maximum absolute atomic E-state index is 12.9. The summed E-state index contributed by atoms with van der Waals surface area (Å²) < 4.78 is 7.14. The third-order valence-corrected chi connectivity index (χ3v) is 4.90. The Morgan fingerprint density at radius 1 is 1.50 bits per heavy atom. The zero-order valence-corrected chi connectivity index (χ0v) is 15.8. The summed E-state index contributed by atoms with van der Waals surface area (Å²) in [6.07, 6.45) is 14.5. The number of nitrogens with zero attached hydrogens (tertiary/aromatic N) is 2. The van der Waals surface area contributed by atoms with Crippen LogP contribution >= 0.6 is 0 Å². The first kappa shape index (κ1) is 18.3. The van der Waals surface area contributed by atoms with E-state index >= 15 is 0 Å². The van der Waals surface area contributed by atoms with E-state index in [0.29, 0.717) is 6.42 Å². The minimum atomic E-state index is -0.246. The number of allylic oxidation sites excluding steroid dienone is 4. The minimum absolute atomic E-state index is 0.000692. The third-order valence-electron chi connectivity index (χ3n) is 4.90. The first-order valence-electron chi connectivity index (χ1n) is 9.31. The van der Waals surface area contributed by atoms with E-state index < -0.39 is 0 Å². The fraction of sp³-hybridized carbons (Fsp3) is 0.500. The molecule has 2 N–H and O–H groups in total. The molecule has 1 aromatic heterocycles. The Labute approximate surface area is 155 Å². The zero-order chi connectivity index (χ0) is 18.5. The Kier molecular flexibility index (Phi) is 5.81. The number of nitrogens with one attached hydrogen (secondary N) is 2. The van der Waals surface area contributed by atoms with Crippen LogP contribution in [0.3, 0.4) is 0 Å². The van der Waals surface area contributed by atoms with Crippen molar-refractivity contribution >= 4 is 5.91 Å². The molecule has 2 heterocycles. The van der Waals surface area contributed by atoms with Gasteiger partial charge in [-0.15, -0.1) is 0 Å². The molecular weight excluding hydrogens is 328 g/mol. The van der Waals surface area contributed by atoms with Crippen LogP contribution in [0, 0.1) is 0 Å². The van der Waals surface area contributed by atoms with Gasteiger partial charge in [-0.2, -0.15) is 5.10 Å². The molecule has 1 saturated heterocycles. The summed E-state index contributed by atoms with van der Waals surface area (Å²) >= 11 is 0. The Morgan fingerprint density at radius 2 is 2.35 bits per heavy atom. The third kappa shape index (κ3) is 4.18. The van der Waals surface area contributed by atoms with Gasteiger partial charge in [0.05, 0.1) is 19.3 Å². The summed E-state index contributed by atoms with van der Waals surface area (Å²) in [5, 5.41) is 10.8. The second-order valence-electron chi connectivity index (χ2n) is 6.89. The van der Waals surface area contributed by atoms with Crippen molar-refractivity contribution in [1.82, 2.24) is 20.4 Å². The van der Waals surface area contributed by atoms with Crippen molar-refractivity contribution in [3.05, 3.63) is 53.2 Å². The average molecular weight is 356 g/mol. The summed E-state index contributed by atoms with van der Waals surface area (Å²) in [7, 11) is 3.57. The molecule has 1 aromatic rings. The van der Waals surface area contributed by atoms with Crippen LogP contribution in [-0.2, 0) is 16.6 Å². The molecule has 140 valence electrons. The van der Waals surface area contributed by atoms with Gasteiger partial charge in [0.15, 0.2) is 0 Å². The maximum Gasteiger partial charge on any atom is 0.243 e. The Bertz CT molecular complexity index is 745. The zero-order valence-electron chi connectivity index (χ0n) is 15.8. The molecule has 6 heteroatoms. The summed E-state index contributed by atoms with van der Waals surface area (Å²) in [5.74, 6) is 0.887. The van der Waals surface area contributed by atoms with E-state index in [1.54, 1.807) is 11.8 Å². The minimum Gasteiger partial charge on any atom is -0.497 e. The second-order valence-corrected chi connectivity index (χ2v) is 6.89. The molecule has 1 amide bonds. The van der Waals surface area contributed by atoms with Crippen molar-refractivity contribution < 1.29 is 9.53 Å². The van der Waals surface area contributed by atoms with Gasteiger partial charge in [-0.1, -0.05) is 25.8 Å². The molecule has 1 aliphatic carbocycles. The summed E-state index contributed by atoms with van der Waals surface area (Å²) in [5.41, 5.74) is 3.23. The lowest BCUT2D eigenvalue weighted by Gasteiger charge is -2.20. The van der Waals surface area contributed by atoms with E-state index in [2.05, 4.69) is 28.7 Å². The number of rotatable bonds is 7. The SMILES string of the molecule is CCCCC(NC(=O)C1CC2=CC(OC)=CCC=C2N1)c1cnn(C)c1. The molecule has 0 radical (unpaired) electrons. The lowest BCUT2D eigenvalue weighted by Crippen LogP contribution is -2.41. The van der Waals surface area contributed by atoms with Crippen molar-refractivity contribution in [3.63, 3.8) is 0 Å². The molecule has 0 saturated carbocycles. The van der Waals surface area contributed by atoms with E-state index in [9.17, 15) is 4.79 Å². The standard InChI is InChI=1S/C20H28N4O2/c1-4-5-8-18(15-12-21-24(2)13-15)23-20(25)19-11-14-10-16(26-3)7-6-9-17(14)22-19/h7,9-10,12-13,18-19,22H,4-6,8,11H2,1-3H3,(H,23,25). The molecule has 3 rings (SSSR count). The van der Waals surface area contributed by atoms with Gasteiger partial charge in [0, 0.05) is 30.9 Å². The molecule has 0 spiro atoms. The monoisotopic (exact) mass is 356 g/mol. The molecule has 1 fully saturated rings. The van der Waals surface area contributed by atoms with Gasteiger partial charge in [-0.05, 0) is 30.6 Å². The van der Waals surface area contributed by atoms with E-state index in [1.165, 1.54) is 0 Å². The van der Waals surface area contributed by atoms with Crippen LogP contribution in [-0.4, -0.2) is 28.8 Å². The molecule has 2 aliphatic rings. The van der Waals surface area contributed by atoms with E-state index in [0.717, 1.165) is 48.3 Å². The van der Waals surface area contributed by atoms with Gasteiger partial charge in [0.25, 0.3) is 0 Å². The highest BCUT2D eigenvalue weighted by Crippen LogP contribution is 2.28. The lowest BCUT2D eigenvalue weighted by molar-refractivity contribution is -0.123. The number of hydrogen-bond acceptors (Lipinski definition) is 4. The van der Waals surface area contributed by atoms with E-state index in [1.807, 2.05) is 31.6 Å². The van der Waals surface area contributed by atoms with Crippen LogP contribution in [0.25, 0.3) is 0 Å². The van der Waals surface area contributed by atoms with Crippen molar-refractivity contribution in [2.24, 2.45) is 7.05 Å². The summed E-state index contributed by atoms with van der Waals surface area (Å²) in [6, 6.07) is -0.245. The first-order chi connectivity index (χ1) is 12.6. The van der Waals surface area contributed by atoms with Gasteiger partial charge in [-0.25, -0.2) is 0 Å². The summed E-state index contributed by atoms with van der Waals surface area (Å²) in [4.78, 5) is 12.9. The van der Waals surface area contributed by atoms with Crippen molar-refractivity contribution in [2.75, 3.05) is 7.11 Å². The predicted molar refractivity (Wildman–Crippen MR) is 101 cm³/mol. The molecule has 1 aliphatic heterocycles. The Hall–Kier alpha value is -2.50. The second kappa shape index (κ2) is 8.25. The number of aromatic nitrogens is 2. The van der Waals surface area contributed by atoms with Gasteiger partial charge >= 0.3 is 0 Å². The van der Waals surface area contributed by atoms with Crippen LogP contribution in [0.5, 0.6) is 0 Å². The molecule has 2 atom stereocenters. The van der Waals surface area contributed by atoms with E-state index in [4.69, 9.17) is 4.74 Å². The Balaban J connectivity index is 1.69.